The van der Waals surface area contributed by atoms with Gasteiger partial charge in [-0.05, 0) is 24.6 Å². The fourth-order valence-corrected chi connectivity index (χ4v) is 2.79. The molecule has 0 saturated heterocycles. The first-order valence-electron chi connectivity index (χ1n) is 8.67. The highest BCUT2D eigenvalue weighted by Gasteiger charge is 2.32. The zero-order chi connectivity index (χ0) is 19.1. The van der Waals surface area contributed by atoms with Crippen molar-refractivity contribution < 1.29 is 24.2 Å². The van der Waals surface area contributed by atoms with Crippen molar-refractivity contribution in [3.05, 3.63) is 23.8 Å². The summed E-state index contributed by atoms with van der Waals surface area (Å²) in [6.07, 6.45) is 1.76. The first-order chi connectivity index (χ1) is 12.5. The smallest absolute Gasteiger partial charge is 0.335 e. The number of nitrogens with zero attached hydrogens (tertiary/aromatic N) is 2. The number of carboxylic acid groups (broad SMARTS) is 1. The maximum absolute atomic E-state index is 12.6. The number of carboxylic acids is 1. The van der Waals surface area contributed by atoms with Crippen molar-refractivity contribution in [2.24, 2.45) is 0 Å². The number of rotatable bonds is 9. The van der Waals surface area contributed by atoms with Crippen LogP contribution in [0.25, 0.3) is 0 Å². The number of benzene rings is 1. The highest BCUT2D eigenvalue weighted by atomic mass is 16.5. The van der Waals surface area contributed by atoms with Crippen molar-refractivity contribution >= 4 is 29.2 Å². The number of methoxy groups -OCH3 is 1. The van der Waals surface area contributed by atoms with Crippen molar-refractivity contribution in [1.82, 2.24) is 5.32 Å². The molecule has 0 spiro atoms. The van der Waals surface area contributed by atoms with Gasteiger partial charge in [0, 0.05) is 20.2 Å². The summed E-state index contributed by atoms with van der Waals surface area (Å²) in [4.78, 5) is 39.4. The maximum Gasteiger partial charge on any atom is 0.335 e. The van der Waals surface area contributed by atoms with E-state index in [1.165, 1.54) is 17.0 Å². The number of carbonyl (C=O) groups excluding carboxylic acids is 2. The van der Waals surface area contributed by atoms with Gasteiger partial charge in [0.25, 0.3) is 0 Å². The van der Waals surface area contributed by atoms with E-state index in [4.69, 9.17) is 4.74 Å². The van der Waals surface area contributed by atoms with Gasteiger partial charge >= 0.3 is 5.97 Å². The average Bonchev–Trinajstić information content (AvgIpc) is 2.63. The van der Waals surface area contributed by atoms with E-state index in [1.807, 2.05) is 6.92 Å². The number of unbranched alkanes of at least 4 members (excludes halogenated alkanes) is 1. The van der Waals surface area contributed by atoms with Crippen LogP contribution >= 0.6 is 0 Å². The lowest BCUT2D eigenvalue weighted by Gasteiger charge is -2.36. The summed E-state index contributed by atoms with van der Waals surface area (Å²) < 4.78 is 4.92. The second kappa shape index (κ2) is 9.30. The van der Waals surface area contributed by atoms with Crippen LogP contribution in [0.1, 0.15) is 30.1 Å². The summed E-state index contributed by atoms with van der Waals surface area (Å²) in [5.41, 5.74) is 1.11. The zero-order valence-electron chi connectivity index (χ0n) is 15.2. The third-order valence-corrected chi connectivity index (χ3v) is 4.19. The monoisotopic (exact) mass is 363 g/mol. The van der Waals surface area contributed by atoms with Gasteiger partial charge in [0.2, 0.25) is 11.8 Å². The molecule has 2 rings (SSSR count). The molecule has 26 heavy (non-hydrogen) atoms. The van der Waals surface area contributed by atoms with Gasteiger partial charge in [0.05, 0.1) is 30.1 Å². The van der Waals surface area contributed by atoms with Crippen molar-refractivity contribution in [3.8, 4) is 0 Å². The molecule has 0 radical (unpaired) electrons. The summed E-state index contributed by atoms with van der Waals surface area (Å²) in [5.74, 6) is -1.52. The largest absolute Gasteiger partial charge is 0.478 e. The molecule has 1 aromatic rings. The molecule has 0 atom stereocenters. The minimum atomic E-state index is -1.07. The second-order valence-electron chi connectivity index (χ2n) is 6.06. The lowest BCUT2D eigenvalue weighted by molar-refractivity contribution is -0.122. The number of hydrogen-bond acceptors (Lipinski definition) is 5. The predicted molar refractivity (Wildman–Crippen MR) is 97.8 cm³/mol. The molecule has 1 heterocycles. The number of ether oxygens (including phenoxy) is 1. The summed E-state index contributed by atoms with van der Waals surface area (Å²) in [5, 5.41) is 12.2. The van der Waals surface area contributed by atoms with Crippen LogP contribution in [0, 0.1) is 0 Å². The Morgan fingerprint density at radius 1 is 1.31 bits per heavy atom. The van der Waals surface area contributed by atoms with E-state index in [-0.39, 0.29) is 30.5 Å². The van der Waals surface area contributed by atoms with E-state index < -0.39 is 5.97 Å². The molecule has 0 unspecified atom stereocenters. The Morgan fingerprint density at radius 2 is 2.08 bits per heavy atom. The number of anilines is 2. The number of amides is 2. The van der Waals surface area contributed by atoms with E-state index in [0.717, 1.165) is 12.8 Å². The van der Waals surface area contributed by atoms with Crippen LogP contribution in [-0.4, -0.2) is 62.8 Å². The molecular formula is C18H25N3O5. The molecule has 142 valence electrons. The minimum absolute atomic E-state index is 0.0440. The molecule has 0 aliphatic carbocycles. The molecule has 8 heteroatoms. The first-order valence-corrected chi connectivity index (χ1v) is 8.67. The van der Waals surface area contributed by atoms with Crippen LogP contribution in [0.4, 0.5) is 11.4 Å². The van der Waals surface area contributed by atoms with E-state index in [9.17, 15) is 19.5 Å². The van der Waals surface area contributed by atoms with Gasteiger partial charge in [-0.1, -0.05) is 13.3 Å². The van der Waals surface area contributed by atoms with Crippen LogP contribution in [0.5, 0.6) is 0 Å². The van der Waals surface area contributed by atoms with Crippen molar-refractivity contribution in [3.63, 3.8) is 0 Å². The van der Waals surface area contributed by atoms with Gasteiger partial charge in [-0.2, -0.15) is 0 Å². The molecule has 1 aliphatic rings. The Balaban J connectivity index is 2.29. The maximum atomic E-state index is 12.6. The minimum Gasteiger partial charge on any atom is -0.478 e. The molecule has 0 bridgehead atoms. The van der Waals surface area contributed by atoms with Gasteiger partial charge in [0.1, 0.15) is 6.54 Å². The molecule has 1 aliphatic heterocycles. The van der Waals surface area contributed by atoms with Crippen LogP contribution in [0.15, 0.2) is 18.2 Å². The van der Waals surface area contributed by atoms with Gasteiger partial charge in [-0.3, -0.25) is 14.5 Å². The second-order valence-corrected chi connectivity index (χ2v) is 6.06. The summed E-state index contributed by atoms with van der Waals surface area (Å²) in [6, 6.07) is 4.51. The Bertz CT molecular complexity index is 677. The molecule has 0 fully saturated rings. The summed E-state index contributed by atoms with van der Waals surface area (Å²) in [6.45, 7) is 3.51. The lowest BCUT2D eigenvalue weighted by Crippen LogP contribution is -2.50. The lowest BCUT2D eigenvalue weighted by atomic mass is 10.1. The Labute approximate surface area is 152 Å². The standard InChI is InChI=1S/C18H25N3O5/c1-3-4-8-20-14-6-5-13(18(24)25)10-15(14)21(12-17(20)23)16(22)11-19-7-9-26-2/h5-6,10,19H,3-4,7-9,11-12H2,1-2H3,(H,24,25). The molecule has 0 aromatic heterocycles. The Kier molecular flexibility index (Phi) is 7.11. The van der Waals surface area contributed by atoms with Gasteiger partial charge in [-0.15, -0.1) is 0 Å². The Morgan fingerprint density at radius 3 is 2.73 bits per heavy atom. The fraction of sp³-hybridized carbons (Fsp3) is 0.500. The number of carbonyl (C=O) groups is 3. The van der Waals surface area contributed by atoms with Gasteiger partial charge in [-0.25, -0.2) is 4.79 Å². The van der Waals surface area contributed by atoms with Crippen LogP contribution in [0.2, 0.25) is 0 Å². The molecule has 8 nitrogen and oxygen atoms in total. The fourth-order valence-electron chi connectivity index (χ4n) is 2.79. The molecule has 0 saturated carbocycles. The molecule has 2 amide bonds. The number of hydrogen-bond donors (Lipinski definition) is 2. The zero-order valence-corrected chi connectivity index (χ0v) is 15.2. The molecular weight excluding hydrogens is 338 g/mol. The van der Waals surface area contributed by atoms with Gasteiger partial charge < -0.3 is 20.1 Å². The normalized spacial score (nSPS) is 13.7. The first kappa shape index (κ1) is 19.9. The third-order valence-electron chi connectivity index (χ3n) is 4.19. The van der Waals surface area contributed by atoms with Crippen LogP contribution in [0.3, 0.4) is 0 Å². The Hall–Kier alpha value is -2.45. The highest BCUT2D eigenvalue weighted by Crippen LogP contribution is 2.35. The van der Waals surface area contributed by atoms with Crippen molar-refractivity contribution in [2.45, 2.75) is 19.8 Å². The SMILES string of the molecule is CCCCN1C(=O)CN(C(=O)CNCCOC)c2cc(C(=O)O)ccc21. The predicted octanol–water partition coefficient (Wildman–Crippen LogP) is 1.10. The topological polar surface area (TPSA) is 99.2 Å². The molecule has 1 aromatic carbocycles. The average molecular weight is 363 g/mol. The quantitative estimate of drug-likeness (QED) is 0.638. The summed E-state index contributed by atoms with van der Waals surface area (Å²) >= 11 is 0. The highest BCUT2D eigenvalue weighted by molar-refractivity contribution is 6.12. The number of aromatic carboxylic acids is 1. The van der Waals surface area contributed by atoms with Crippen LogP contribution < -0.4 is 15.1 Å². The van der Waals surface area contributed by atoms with Crippen molar-refractivity contribution in [1.29, 1.82) is 0 Å². The number of nitrogens with one attached hydrogen (secondary N) is 1. The van der Waals surface area contributed by atoms with E-state index >= 15 is 0 Å². The summed E-state index contributed by atoms with van der Waals surface area (Å²) in [7, 11) is 1.57. The molecule has 2 N–H and O–H groups in total. The van der Waals surface area contributed by atoms with Crippen LogP contribution in [-0.2, 0) is 14.3 Å². The van der Waals surface area contributed by atoms with Crippen molar-refractivity contribution in [2.75, 3.05) is 49.7 Å². The third kappa shape index (κ3) is 4.59. The van der Waals surface area contributed by atoms with Gasteiger partial charge in [0.15, 0.2) is 0 Å². The number of fused-ring (bicyclic) bond motifs is 1. The van der Waals surface area contributed by atoms with E-state index in [2.05, 4.69) is 5.32 Å². The van der Waals surface area contributed by atoms with E-state index in [1.54, 1.807) is 18.1 Å². The van der Waals surface area contributed by atoms with E-state index in [0.29, 0.717) is 31.1 Å².